The zero-order valence-corrected chi connectivity index (χ0v) is 8.27. The second-order valence-electron chi connectivity index (χ2n) is 3.40. The predicted octanol–water partition coefficient (Wildman–Crippen LogP) is 3.45. The fourth-order valence-electron chi connectivity index (χ4n) is 1.46. The maximum absolute atomic E-state index is 4.56. The van der Waals surface area contributed by atoms with Gasteiger partial charge in [0.2, 0.25) is 0 Å². The lowest BCUT2D eigenvalue weighted by Gasteiger charge is -2.01. The molecule has 0 fully saturated rings. The summed E-state index contributed by atoms with van der Waals surface area (Å²) in [4.78, 5) is 4.56. The van der Waals surface area contributed by atoms with E-state index in [4.69, 9.17) is 0 Å². The van der Waals surface area contributed by atoms with Crippen molar-refractivity contribution in [3.05, 3.63) is 54.1 Å². The minimum Gasteiger partial charge on any atom is -0.257 e. The molecule has 0 aromatic heterocycles. The van der Waals surface area contributed by atoms with Crippen molar-refractivity contribution in [3.8, 4) is 0 Å². The SMILES string of the molecule is CC1=NC(c2ccccc2)=CC=CC1. The quantitative estimate of drug-likeness (QED) is 0.632. The summed E-state index contributed by atoms with van der Waals surface area (Å²) < 4.78 is 0. The first-order valence-electron chi connectivity index (χ1n) is 4.83. The van der Waals surface area contributed by atoms with Crippen LogP contribution in [0.4, 0.5) is 0 Å². The summed E-state index contributed by atoms with van der Waals surface area (Å²) in [5.41, 5.74) is 3.39. The minimum atomic E-state index is 0.951. The van der Waals surface area contributed by atoms with E-state index in [1.807, 2.05) is 18.2 Å². The molecule has 0 bridgehead atoms. The molecule has 1 aromatic carbocycles. The number of benzene rings is 1. The lowest BCUT2D eigenvalue weighted by atomic mass is 10.1. The van der Waals surface area contributed by atoms with Gasteiger partial charge in [-0.2, -0.15) is 0 Å². The molecular weight excluding hydrogens is 170 g/mol. The Morgan fingerprint density at radius 3 is 2.71 bits per heavy atom. The van der Waals surface area contributed by atoms with E-state index >= 15 is 0 Å². The van der Waals surface area contributed by atoms with Crippen LogP contribution in [0.5, 0.6) is 0 Å². The van der Waals surface area contributed by atoms with Crippen LogP contribution in [0.1, 0.15) is 18.9 Å². The van der Waals surface area contributed by atoms with Gasteiger partial charge in [0.1, 0.15) is 0 Å². The predicted molar refractivity (Wildman–Crippen MR) is 61.3 cm³/mol. The molecule has 1 aliphatic rings. The molecule has 0 saturated heterocycles. The van der Waals surface area contributed by atoms with E-state index in [0.717, 1.165) is 17.8 Å². The molecule has 70 valence electrons. The van der Waals surface area contributed by atoms with Crippen LogP contribution < -0.4 is 0 Å². The number of allylic oxidation sites excluding steroid dienone is 3. The summed E-state index contributed by atoms with van der Waals surface area (Å²) in [5, 5.41) is 0. The third kappa shape index (κ3) is 1.99. The van der Waals surface area contributed by atoms with Crippen LogP contribution in [0.15, 0.2) is 53.6 Å². The Balaban J connectivity index is 2.39. The number of hydrogen-bond acceptors (Lipinski definition) is 1. The van der Waals surface area contributed by atoms with Gasteiger partial charge in [0.05, 0.1) is 5.70 Å². The van der Waals surface area contributed by atoms with Crippen molar-refractivity contribution < 1.29 is 0 Å². The molecule has 1 heteroatoms. The molecule has 0 saturated carbocycles. The highest BCUT2D eigenvalue weighted by Gasteiger charge is 2.00. The van der Waals surface area contributed by atoms with E-state index in [1.165, 1.54) is 5.56 Å². The monoisotopic (exact) mass is 183 g/mol. The molecule has 1 aliphatic heterocycles. The Morgan fingerprint density at radius 1 is 1.14 bits per heavy atom. The molecule has 0 N–H and O–H groups in total. The first-order valence-corrected chi connectivity index (χ1v) is 4.83. The van der Waals surface area contributed by atoms with Gasteiger partial charge >= 0.3 is 0 Å². The average Bonchev–Trinajstić information content (AvgIpc) is 2.44. The first kappa shape index (κ1) is 8.95. The van der Waals surface area contributed by atoms with Crippen molar-refractivity contribution in [1.82, 2.24) is 0 Å². The van der Waals surface area contributed by atoms with Crippen molar-refractivity contribution in [1.29, 1.82) is 0 Å². The van der Waals surface area contributed by atoms with Gasteiger partial charge in [-0.1, -0.05) is 42.5 Å². The average molecular weight is 183 g/mol. The second kappa shape index (κ2) is 4.05. The summed E-state index contributed by atoms with van der Waals surface area (Å²) in [5.74, 6) is 0. The lowest BCUT2D eigenvalue weighted by Crippen LogP contribution is -1.88. The fourth-order valence-corrected chi connectivity index (χ4v) is 1.46. The van der Waals surface area contributed by atoms with Crippen molar-refractivity contribution >= 4 is 11.4 Å². The van der Waals surface area contributed by atoms with Crippen LogP contribution in [0.25, 0.3) is 5.70 Å². The summed E-state index contributed by atoms with van der Waals surface area (Å²) in [6.07, 6.45) is 7.22. The molecule has 0 unspecified atom stereocenters. The Morgan fingerprint density at radius 2 is 1.93 bits per heavy atom. The van der Waals surface area contributed by atoms with Crippen molar-refractivity contribution in [3.63, 3.8) is 0 Å². The van der Waals surface area contributed by atoms with Crippen molar-refractivity contribution in [2.75, 3.05) is 0 Å². The molecule has 0 amide bonds. The Bertz CT molecular complexity index is 397. The number of hydrogen-bond donors (Lipinski definition) is 0. The van der Waals surface area contributed by atoms with Gasteiger partial charge in [0.25, 0.3) is 0 Å². The van der Waals surface area contributed by atoms with Crippen LogP contribution in [0, 0.1) is 0 Å². The zero-order chi connectivity index (χ0) is 9.80. The second-order valence-corrected chi connectivity index (χ2v) is 3.40. The number of rotatable bonds is 1. The van der Waals surface area contributed by atoms with Crippen LogP contribution in [0.3, 0.4) is 0 Å². The van der Waals surface area contributed by atoms with Crippen LogP contribution in [0.2, 0.25) is 0 Å². The third-order valence-electron chi connectivity index (χ3n) is 2.18. The van der Waals surface area contributed by atoms with Crippen molar-refractivity contribution in [2.45, 2.75) is 13.3 Å². The standard InChI is InChI=1S/C13H13N/c1-11-7-5-6-10-13(14-11)12-8-3-2-4-9-12/h2-6,8-10H,7H2,1H3. The van der Waals surface area contributed by atoms with Crippen LogP contribution >= 0.6 is 0 Å². The van der Waals surface area contributed by atoms with E-state index < -0.39 is 0 Å². The molecular formula is C13H13N. The van der Waals surface area contributed by atoms with Gasteiger partial charge in [0.15, 0.2) is 0 Å². The van der Waals surface area contributed by atoms with Gasteiger partial charge in [-0.15, -0.1) is 0 Å². The largest absolute Gasteiger partial charge is 0.257 e. The van der Waals surface area contributed by atoms with E-state index in [1.54, 1.807) is 0 Å². The van der Waals surface area contributed by atoms with E-state index in [2.05, 4.69) is 42.3 Å². The van der Waals surface area contributed by atoms with Gasteiger partial charge in [-0.05, 0) is 13.0 Å². The normalized spacial score (nSPS) is 15.8. The topological polar surface area (TPSA) is 12.4 Å². The lowest BCUT2D eigenvalue weighted by molar-refractivity contribution is 1.40. The van der Waals surface area contributed by atoms with Crippen LogP contribution in [-0.4, -0.2) is 5.71 Å². The van der Waals surface area contributed by atoms with Gasteiger partial charge in [0, 0.05) is 17.7 Å². The molecule has 1 heterocycles. The van der Waals surface area contributed by atoms with Crippen LogP contribution in [-0.2, 0) is 0 Å². The summed E-state index contributed by atoms with van der Waals surface area (Å²) in [6.45, 7) is 2.06. The fraction of sp³-hybridized carbons (Fsp3) is 0.154. The highest BCUT2D eigenvalue weighted by atomic mass is 14.8. The molecule has 1 nitrogen and oxygen atoms in total. The molecule has 1 aromatic rings. The van der Waals surface area contributed by atoms with E-state index in [9.17, 15) is 0 Å². The Kier molecular flexibility index (Phi) is 2.59. The highest BCUT2D eigenvalue weighted by molar-refractivity contribution is 5.90. The summed E-state index contributed by atoms with van der Waals surface area (Å²) in [6, 6.07) is 10.3. The minimum absolute atomic E-state index is 0.951. The molecule has 14 heavy (non-hydrogen) atoms. The number of nitrogens with zero attached hydrogens (tertiary/aromatic N) is 1. The van der Waals surface area contributed by atoms with Gasteiger partial charge < -0.3 is 0 Å². The molecule has 2 rings (SSSR count). The van der Waals surface area contributed by atoms with Gasteiger partial charge in [-0.3, -0.25) is 4.99 Å². The Labute approximate surface area is 84.5 Å². The van der Waals surface area contributed by atoms with Gasteiger partial charge in [-0.25, -0.2) is 0 Å². The van der Waals surface area contributed by atoms with E-state index in [-0.39, 0.29) is 0 Å². The highest BCUT2D eigenvalue weighted by Crippen LogP contribution is 2.18. The Hall–Kier alpha value is -1.63. The number of aliphatic imine (C=N–C) groups is 1. The maximum atomic E-state index is 4.56. The molecule has 0 aliphatic carbocycles. The summed E-state index contributed by atoms with van der Waals surface area (Å²) in [7, 11) is 0. The maximum Gasteiger partial charge on any atom is 0.0701 e. The first-order chi connectivity index (χ1) is 6.86. The van der Waals surface area contributed by atoms with Crippen molar-refractivity contribution in [2.24, 2.45) is 4.99 Å². The molecule has 0 atom stereocenters. The zero-order valence-electron chi connectivity index (χ0n) is 8.27. The summed E-state index contributed by atoms with van der Waals surface area (Å²) >= 11 is 0. The van der Waals surface area contributed by atoms with E-state index in [0.29, 0.717) is 0 Å². The third-order valence-corrected chi connectivity index (χ3v) is 2.18. The molecule has 0 spiro atoms. The smallest absolute Gasteiger partial charge is 0.0701 e. The molecule has 0 radical (unpaired) electrons.